The van der Waals surface area contributed by atoms with E-state index in [4.69, 9.17) is 25.8 Å². The van der Waals surface area contributed by atoms with Gasteiger partial charge in [-0.2, -0.15) is 0 Å². The highest BCUT2D eigenvalue weighted by Gasteiger charge is 2.27. The third-order valence-corrected chi connectivity index (χ3v) is 5.15. The Balaban J connectivity index is 1.75. The smallest absolute Gasteiger partial charge is 0.184 e. The molecule has 0 aromatic heterocycles. The molecule has 0 bridgehead atoms. The molecular formula is C13H15Br2ClO3. The van der Waals surface area contributed by atoms with Gasteiger partial charge in [-0.15, -0.1) is 0 Å². The molecule has 3 atom stereocenters. The third-order valence-electron chi connectivity index (χ3n) is 2.66. The van der Waals surface area contributed by atoms with Gasteiger partial charge in [-0.05, 0) is 12.1 Å². The lowest BCUT2D eigenvalue weighted by Gasteiger charge is -2.13. The van der Waals surface area contributed by atoms with Gasteiger partial charge in [-0.3, -0.25) is 0 Å². The minimum atomic E-state index is -0.318. The largest absolute Gasteiger partial charge is 0.377 e. The van der Waals surface area contributed by atoms with Gasteiger partial charge < -0.3 is 14.2 Å². The van der Waals surface area contributed by atoms with Crippen molar-refractivity contribution in [2.75, 3.05) is 25.2 Å². The number of benzene rings is 1. The SMILES string of the molecule is Clc1ccc(C2OCC(COCC(Br)CBr)O2)cc1. The predicted molar refractivity (Wildman–Crippen MR) is 82.3 cm³/mol. The van der Waals surface area contributed by atoms with Crippen LogP contribution in [0.15, 0.2) is 24.3 Å². The maximum absolute atomic E-state index is 5.85. The third kappa shape index (κ3) is 4.99. The molecule has 1 aliphatic rings. The number of ether oxygens (including phenoxy) is 3. The Bertz CT molecular complexity index is 388. The van der Waals surface area contributed by atoms with Crippen LogP contribution >= 0.6 is 43.5 Å². The van der Waals surface area contributed by atoms with Crippen LogP contribution in [0.4, 0.5) is 0 Å². The molecule has 0 spiro atoms. The second-order valence-corrected chi connectivity index (χ2v) is 6.64. The van der Waals surface area contributed by atoms with Crippen LogP contribution in [0.25, 0.3) is 0 Å². The average molecular weight is 415 g/mol. The van der Waals surface area contributed by atoms with Crippen molar-refractivity contribution in [3.05, 3.63) is 34.9 Å². The highest BCUT2D eigenvalue weighted by molar-refractivity contribution is 9.12. The molecule has 3 nitrogen and oxygen atoms in total. The Labute approximate surface area is 134 Å². The zero-order chi connectivity index (χ0) is 13.7. The lowest BCUT2D eigenvalue weighted by Crippen LogP contribution is -2.21. The molecule has 3 unspecified atom stereocenters. The summed E-state index contributed by atoms with van der Waals surface area (Å²) in [5, 5.41) is 1.57. The standard InChI is InChI=1S/C13H15Br2ClO3/c14-5-10(15)6-17-7-12-8-18-13(19-12)9-1-3-11(16)4-2-9/h1-4,10,12-13H,5-8H2. The Morgan fingerprint density at radius 2 is 2.11 bits per heavy atom. The first-order valence-corrected chi connectivity index (χ1v) is 8.41. The van der Waals surface area contributed by atoms with E-state index in [0.29, 0.717) is 29.7 Å². The van der Waals surface area contributed by atoms with E-state index in [2.05, 4.69) is 31.9 Å². The molecule has 0 saturated carbocycles. The van der Waals surface area contributed by atoms with E-state index in [0.717, 1.165) is 10.9 Å². The first kappa shape index (κ1) is 15.7. The second kappa shape index (κ2) is 7.96. The fourth-order valence-corrected chi connectivity index (χ4v) is 2.20. The van der Waals surface area contributed by atoms with E-state index in [-0.39, 0.29) is 12.4 Å². The molecule has 0 N–H and O–H groups in total. The van der Waals surface area contributed by atoms with Crippen molar-refractivity contribution in [3.63, 3.8) is 0 Å². The molecule has 1 saturated heterocycles. The lowest BCUT2D eigenvalue weighted by atomic mass is 10.2. The van der Waals surface area contributed by atoms with Crippen molar-refractivity contribution in [3.8, 4) is 0 Å². The summed E-state index contributed by atoms with van der Waals surface area (Å²) in [6.45, 7) is 1.74. The number of hydrogen-bond donors (Lipinski definition) is 0. The van der Waals surface area contributed by atoms with Crippen LogP contribution in [0.2, 0.25) is 5.02 Å². The fraction of sp³-hybridized carbons (Fsp3) is 0.538. The van der Waals surface area contributed by atoms with Crippen molar-refractivity contribution >= 4 is 43.5 Å². The van der Waals surface area contributed by atoms with Crippen LogP contribution in [0.3, 0.4) is 0 Å². The molecule has 19 heavy (non-hydrogen) atoms. The molecule has 1 fully saturated rings. The molecule has 1 aromatic rings. The highest BCUT2D eigenvalue weighted by atomic mass is 79.9. The van der Waals surface area contributed by atoms with Gasteiger partial charge in [0.1, 0.15) is 6.10 Å². The summed E-state index contributed by atoms with van der Waals surface area (Å²) in [5.41, 5.74) is 0.978. The van der Waals surface area contributed by atoms with Gasteiger partial charge in [-0.1, -0.05) is 55.6 Å². The van der Waals surface area contributed by atoms with Gasteiger partial charge >= 0.3 is 0 Å². The van der Waals surface area contributed by atoms with E-state index in [9.17, 15) is 0 Å². The molecular weight excluding hydrogens is 399 g/mol. The van der Waals surface area contributed by atoms with Gasteiger partial charge in [0.05, 0.1) is 19.8 Å². The molecule has 6 heteroatoms. The Morgan fingerprint density at radius 1 is 1.37 bits per heavy atom. The molecule has 0 aliphatic carbocycles. The van der Waals surface area contributed by atoms with Crippen LogP contribution in [-0.4, -0.2) is 36.1 Å². The molecule has 1 heterocycles. The number of halogens is 3. The maximum Gasteiger partial charge on any atom is 0.184 e. The van der Waals surface area contributed by atoms with Crippen LogP contribution < -0.4 is 0 Å². The van der Waals surface area contributed by atoms with Crippen molar-refractivity contribution < 1.29 is 14.2 Å². The lowest BCUT2D eigenvalue weighted by molar-refractivity contribution is -0.0734. The Kier molecular flexibility index (Phi) is 6.59. The molecule has 1 aliphatic heterocycles. The van der Waals surface area contributed by atoms with Crippen LogP contribution in [0.1, 0.15) is 11.9 Å². The molecule has 1 aromatic carbocycles. The monoisotopic (exact) mass is 412 g/mol. The number of hydrogen-bond acceptors (Lipinski definition) is 3. The van der Waals surface area contributed by atoms with Gasteiger partial charge in [0, 0.05) is 20.7 Å². The van der Waals surface area contributed by atoms with Crippen molar-refractivity contribution in [2.24, 2.45) is 0 Å². The summed E-state index contributed by atoms with van der Waals surface area (Å²) in [6, 6.07) is 7.49. The summed E-state index contributed by atoms with van der Waals surface area (Å²) >= 11 is 12.7. The van der Waals surface area contributed by atoms with Gasteiger partial charge in [0.25, 0.3) is 0 Å². The topological polar surface area (TPSA) is 27.7 Å². The summed E-state index contributed by atoms with van der Waals surface area (Å²) in [6.07, 6.45) is -0.336. The summed E-state index contributed by atoms with van der Waals surface area (Å²) in [5.74, 6) is 0. The van der Waals surface area contributed by atoms with Crippen LogP contribution in [0, 0.1) is 0 Å². The van der Waals surface area contributed by atoms with Crippen molar-refractivity contribution in [1.29, 1.82) is 0 Å². The quantitative estimate of drug-likeness (QED) is 0.661. The average Bonchev–Trinajstić information content (AvgIpc) is 2.88. The predicted octanol–water partition coefficient (Wildman–Crippen LogP) is 3.93. The van der Waals surface area contributed by atoms with Crippen LogP contribution in [0.5, 0.6) is 0 Å². The second-order valence-electron chi connectivity index (χ2n) is 4.26. The number of rotatable bonds is 6. The van der Waals surface area contributed by atoms with Crippen molar-refractivity contribution in [1.82, 2.24) is 0 Å². The Morgan fingerprint density at radius 3 is 2.79 bits per heavy atom. The van der Waals surface area contributed by atoms with Gasteiger partial charge in [-0.25, -0.2) is 0 Å². The first-order valence-electron chi connectivity index (χ1n) is 5.99. The molecule has 0 radical (unpaired) electrons. The van der Waals surface area contributed by atoms with E-state index in [1.54, 1.807) is 0 Å². The van der Waals surface area contributed by atoms with Gasteiger partial charge in [0.2, 0.25) is 0 Å². The molecule has 106 valence electrons. The zero-order valence-electron chi connectivity index (χ0n) is 10.2. The van der Waals surface area contributed by atoms with E-state index in [1.165, 1.54) is 0 Å². The van der Waals surface area contributed by atoms with E-state index in [1.807, 2.05) is 24.3 Å². The first-order chi connectivity index (χ1) is 9.19. The van der Waals surface area contributed by atoms with Crippen LogP contribution in [-0.2, 0) is 14.2 Å². The number of alkyl halides is 2. The zero-order valence-corrected chi connectivity index (χ0v) is 14.2. The van der Waals surface area contributed by atoms with Gasteiger partial charge in [0.15, 0.2) is 6.29 Å². The van der Waals surface area contributed by atoms with Crippen molar-refractivity contribution in [2.45, 2.75) is 17.2 Å². The highest BCUT2D eigenvalue weighted by Crippen LogP contribution is 2.27. The minimum absolute atomic E-state index is 0.0179. The summed E-state index contributed by atoms with van der Waals surface area (Å²) in [7, 11) is 0. The molecule has 2 rings (SSSR count). The summed E-state index contributed by atoms with van der Waals surface area (Å²) in [4.78, 5) is 0.321. The normalized spacial score (nSPS) is 24.6. The van der Waals surface area contributed by atoms with E-state index < -0.39 is 0 Å². The van der Waals surface area contributed by atoms with E-state index >= 15 is 0 Å². The molecule has 0 amide bonds. The maximum atomic E-state index is 5.85. The Hall–Kier alpha value is 0.350. The fourth-order valence-electron chi connectivity index (χ4n) is 1.70. The summed E-state index contributed by atoms with van der Waals surface area (Å²) < 4.78 is 17.0. The minimum Gasteiger partial charge on any atom is -0.377 e.